The number of rotatable bonds is 3. The van der Waals surface area contributed by atoms with E-state index in [1.807, 2.05) is 6.07 Å². The normalized spacial score (nSPS) is 16.3. The maximum absolute atomic E-state index is 9.08. The highest BCUT2D eigenvalue weighted by atomic mass is 15.3. The quantitative estimate of drug-likeness (QED) is 0.756. The van der Waals surface area contributed by atoms with Crippen LogP contribution in [0.2, 0.25) is 0 Å². The van der Waals surface area contributed by atoms with Crippen LogP contribution in [0.1, 0.15) is 12.5 Å². The Hall–Kier alpha value is -1.86. The Morgan fingerprint density at radius 1 is 1.44 bits per heavy atom. The van der Waals surface area contributed by atoms with Crippen molar-refractivity contribution in [1.29, 1.82) is 5.26 Å². The molecule has 0 bridgehead atoms. The van der Waals surface area contributed by atoms with E-state index < -0.39 is 0 Å². The lowest BCUT2D eigenvalue weighted by Gasteiger charge is -2.35. The minimum Gasteiger partial charge on any atom is -0.353 e. The van der Waals surface area contributed by atoms with Gasteiger partial charge in [0.15, 0.2) is 0 Å². The van der Waals surface area contributed by atoms with Crippen molar-refractivity contribution >= 4 is 5.82 Å². The highest BCUT2D eigenvalue weighted by molar-refractivity contribution is 5.53. The molecule has 0 spiro atoms. The van der Waals surface area contributed by atoms with Gasteiger partial charge in [0.05, 0.1) is 5.56 Å². The number of anilines is 1. The Morgan fingerprint density at radius 2 is 2.17 bits per heavy atom. The standard InChI is InChI=1S/C14H18N4/c1-12(2)11-17-6-8-18(9-7-17)14-13(10-15)4-3-5-16-14/h3-5H,1,6-9,11H2,2H3. The number of hydrogen-bond acceptors (Lipinski definition) is 4. The molecule has 0 aliphatic carbocycles. The molecule has 94 valence electrons. The van der Waals surface area contributed by atoms with Crippen molar-refractivity contribution < 1.29 is 0 Å². The third-order valence-corrected chi connectivity index (χ3v) is 3.07. The first-order valence-corrected chi connectivity index (χ1v) is 6.17. The van der Waals surface area contributed by atoms with Crippen LogP contribution in [0.15, 0.2) is 30.5 Å². The summed E-state index contributed by atoms with van der Waals surface area (Å²) >= 11 is 0. The molecular weight excluding hydrogens is 224 g/mol. The first-order chi connectivity index (χ1) is 8.70. The molecule has 4 nitrogen and oxygen atoms in total. The van der Waals surface area contributed by atoms with E-state index in [9.17, 15) is 0 Å². The van der Waals surface area contributed by atoms with Gasteiger partial charge >= 0.3 is 0 Å². The zero-order valence-corrected chi connectivity index (χ0v) is 10.8. The number of nitrogens with zero attached hydrogens (tertiary/aromatic N) is 4. The van der Waals surface area contributed by atoms with E-state index in [4.69, 9.17) is 5.26 Å². The summed E-state index contributed by atoms with van der Waals surface area (Å²) in [6, 6.07) is 5.83. The Morgan fingerprint density at radius 3 is 2.78 bits per heavy atom. The van der Waals surface area contributed by atoms with Crippen LogP contribution in [0.3, 0.4) is 0 Å². The summed E-state index contributed by atoms with van der Waals surface area (Å²) in [7, 11) is 0. The fourth-order valence-corrected chi connectivity index (χ4v) is 2.24. The zero-order chi connectivity index (χ0) is 13.0. The van der Waals surface area contributed by atoms with Gasteiger partial charge in [0.1, 0.15) is 11.9 Å². The maximum atomic E-state index is 9.08. The summed E-state index contributed by atoms with van der Waals surface area (Å²) < 4.78 is 0. The smallest absolute Gasteiger partial charge is 0.146 e. The number of hydrogen-bond donors (Lipinski definition) is 0. The summed E-state index contributed by atoms with van der Waals surface area (Å²) in [6.45, 7) is 10.8. The van der Waals surface area contributed by atoms with Gasteiger partial charge in [0.25, 0.3) is 0 Å². The molecule has 1 aromatic heterocycles. The van der Waals surface area contributed by atoms with Gasteiger partial charge in [-0.25, -0.2) is 4.98 Å². The third-order valence-electron chi connectivity index (χ3n) is 3.07. The molecule has 1 aromatic rings. The minimum atomic E-state index is 0.658. The second kappa shape index (κ2) is 5.65. The highest BCUT2D eigenvalue weighted by Crippen LogP contribution is 2.18. The summed E-state index contributed by atoms with van der Waals surface area (Å²) in [4.78, 5) is 8.90. The molecule has 4 heteroatoms. The maximum Gasteiger partial charge on any atom is 0.146 e. The van der Waals surface area contributed by atoms with Crippen molar-refractivity contribution in [3.63, 3.8) is 0 Å². The Labute approximate surface area is 108 Å². The number of nitriles is 1. The molecule has 2 rings (SSSR count). The molecule has 1 fully saturated rings. The van der Waals surface area contributed by atoms with Gasteiger partial charge < -0.3 is 4.90 Å². The molecule has 0 saturated carbocycles. The molecule has 0 amide bonds. The Kier molecular flexibility index (Phi) is 3.96. The SMILES string of the molecule is C=C(C)CN1CCN(c2ncccc2C#N)CC1. The number of piperazine rings is 1. The average Bonchev–Trinajstić information content (AvgIpc) is 2.39. The van der Waals surface area contributed by atoms with E-state index in [0.717, 1.165) is 38.5 Å². The predicted molar refractivity (Wildman–Crippen MR) is 72.4 cm³/mol. The van der Waals surface area contributed by atoms with Crippen molar-refractivity contribution in [3.05, 3.63) is 36.0 Å². The lowest BCUT2D eigenvalue weighted by atomic mass is 10.2. The largest absolute Gasteiger partial charge is 0.353 e. The zero-order valence-electron chi connectivity index (χ0n) is 10.8. The summed E-state index contributed by atoms with van der Waals surface area (Å²) in [6.07, 6.45) is 1.75. The molecule has 0 unspecified atom stereocenters. The van der Waals surface area contributed by atoms with Crippen LogP contribution < -0.4 is 4.90 Å². The van der Waals surface area contributed by atoms with Crippen molar-refractivity contribution in [2.45, 2.75) is 6.92 Å². The van der Waals surface area contributed by atoms with Crippen LogP contribution in [0.4, 0.5) is 5.82 Å². The molecule has 18 heavy (non-hydrogen) atoms. The monoisotopic (exact) mass is 242 g/mol. The molecule has 0 aromatic carbocycles. The predicted octanol–water partition coefficient (Wildman–Crippen LogP) is 1.65. The van der Waals surface area contributed by atoms with E-state index in [1.165, 1.54) is 5.57 Å². The van der Waals surface area contributed by atoms with Gasteiger partial charge in [-0.3, -0.25) is 4.90 Å². The summed E-state index contributed by atoms with van der Waals surface area (Å²) in [5.41, 5.74) is 1.85. The first-order valence-electron chi connectivity index (χ1n) is 6.17. The van der Waals surface area contributed by atoms with Crippen LogP contribution in [-0.4, -0.2) is 42.6 Å². The molecule has 0 atom stereocenters. The lowest BCUT2D eigenvalue weighted by Crippen LogP contribution is -2.47. The first kappa shape index (κ1) is 12.6. The van der Waals surface area contributed by atoms with Gasteiger partial charge in [-0.2, -0.15) is 5.26 Å². The van der Waals surface area contributed by atoms with Gasteiger partial charge in [-0.15, -0.1) is 0 Å². The van der Waals surface area contributed by atoms with Crippen LogP contribution in [0.5, 0.6) is 0 Å². The van der Waals surface area contributed by atoms with Crippen LogP contribution in [0, 0.1) is 11.3 Å². The Balaban J connectivity index is 2.01. The molecule has 1 saturated heterocycles. The van der Waals surface area contributed by atoms with Crippen LogP contribution in [0.25, 0.3) is 0 Å². The molecule has 0 radical (unpaired) electrons. The molecule has 1 aliphatic rings. The lowest BCUT2D eigenvalue weighted by molar-refractivity contribution is 0.278. The summed E-state index contributed by atoms with van der Waals surface area (Å²) in [5, 5.41) is 9.08. The van der Waals surface area contributed by atoms with Crippen molar-refractivity contribution in [2.75, 3.05) is 37.6 Å². The van der Waals surface area contributed by atoms with E-state index in [2.05, 4.69) is 34.4 Å². The molecule has 1 aliphatic heterocycles. The number of aromatic nitrogens is 1. The van der Waals surface area contributed by atoms with Crippen molar-refractivity contribution in [2.24, 2.45) is 0 Å². The van der Waals surface area contributed by atoms with Crippen molar-refractivity contribution in [3.8, 4) is 6.07 Å². The Bertz CT molecular complexity index is 467. The van der Waals surface area contributed by atoms with Gasteiger partial charge in [-0.05, 0) is 19.1 Å². The highest BCUT2D eigenvalue weighted by Gasteiger charge is 2.19. The average molecular weight is 242 g/mol. The molecule has 2 heterocycles. The van der Waals surface area contributed by atoms with Crippen LogP contribution in [-0.2, 0) is 0 Å². The minimum absolute atomic E-state index is 0.658. The van der Waals surface area contributed by atoms with E-state index in [0.29, 0.717) is 5.56 Å². The van der Waals surface area contributed by atoms with E-state index in [1.54, 1.807) is 12.3 Å². The van der Waals surface area contributed by atoms with Gasteiger partial charge in [0.2, 0.25) is 0 Å². The van der Waals surface area contributed by atoms with E-state index >= 15 is 0 Å². The van der Waals surface area contributed by atoms with Crippen molar-refractivity contribution in [1.82, 2.24) is 9.88 Å². The fourth-order valence-electron chi connectivity index (χ4n) is 2.24. The van der Waals surface area contributed by atoms with Gasteiger partial charge in [-0.1, -0.05) is 12.2 Å². The van der Waals surface area contributed by atoms with E-state index in [-0.39, 0.29) is 0 Å². The van der Waals surface area contributed by atoms with Gasteiger partial charge in [0, 0.05) is 38.9 Å². The molecular formula is C14H18N4. The summed E-state index contributed by atoms with van der Waals surface area (Å²) in [5.74, 6) is 0.815. The fraction of sp³-hybridized carbons (Fsp3) is 0.429. The second-order valence-electron chi connectivity index (χ2n) is 4.71. The third kappa shape index (κ3) is 2.88. The number of pyridine rings is 1. The van der Waals surface area contributed by atoms with Crippen LogP contribution >= 0.6 is 0 Å². The topological polar surface area (TPSA) is 43.2 Å². The molecule has 0 N–H and O–H groups in total. The second-order valence-corrected chi connectivity index (χ2v) is 4.71.